The number of carboxylic acids is 1. The van der Waals surface area contributed by atoms with Crippen molar-refractivity contribution in [3.63, 3.8) is 0 Å². The number of hydrogen-bond acceptors (Lipinski definition) is 4. The molecule has 1 aromatic carbocycles. The van der Waals surface area contributed by atoms with Gasteiger partial charge in [-0.15, -0.1) is 0 Å². The van der Waals surface area contributed by atoms with Crippen molar-refractivity contribution in [3.8, 4) is 11.5 Å². The predicted octanol–water partition coefficient (Wildman–Crippen LogP) is 2.75. The first-order chi connectivity index (χ1) is 10.0. The van der Waals surface area contributed by atoms with Gasteiger partial charge in [-0.3, -0.25) is 4.68 Å². The van der Waals surface area contributed by atoms with Crippen molar-refractivity contribution < 1.29 is 19.4 Å². The van der Waals surface area contributed by atoms with Crippen LogP contribution in [0.15, 0.2) is 30.3 Å². The number of aromatic nitrogens is 2. The number of carboxylic acid groups (broad SMARTS) is 1. The summed E-state index contributed by atoms with van der Waals surface area (Å²) in [6.45, 7) is 3.98. The summed E-state index contributed by atoms with van der Waals surface area (Å²) in [5.41, 5.74) is 0.746. The third-order valence-corrected chi connectivity index (χ3v) is 2.94. The number of aromatic carboxylic acids is 1. The molecule has 1 N–H and O–H groups in total. The molecular weight excluding hydrogens is 272 g/mol. The quantitative estimate of drug-likeness (QED) is 0.885. The van der Waals surface area contributed by atoms with E-state index in [-0.39, 0.29) is 18.3 Å². The van der Waals surface area contributed by atoms with Crippen LogP contribution in [-0.4, -0.2) is 28.0 Å². The molecule has 2 rings (SSSR count). The minimum atomic E-state index is -0.994. The van der Waals surface area contributed by atoms with E-state index in [0.717, 1.165) is 5.75 Å². The van der Waals surface area contributed by atoms with Gasteiger partial charge in [0.05, 0.1) is 7.11 Å². The minimum Gasteiger partial charge on any atom is -0.497 e. The van der Waals surface area contributed by atoms with E-state index in [1.807, 2.05) is 13.8 Å². The molecule has 0 bridgehead atoms. The summed E-state index contributed by atoms with van der Waals surface area (Å²) >= 11 is 0. The molecule has 0 fully saturated rings. The summed E-state index contributed by atoms with van der Waals surface area (Å²) in [5, 5.41) is 13.4. The van der Waals surface area contributed by atoms with E-state index in [1.54, 1.807) is 31.4 Å². The Balaban J connectivity index is 2.09. The number of hydrogen-bond donors (Lipinski definition) is 1. The van der Waals surface area contributed by atoms with Gasteiger partial charge in [-0.2, -0.15) is 5.10 Å². The highest BCUT2D eigenvalue weighted by molar-refractivity contribution is 5.85. The lowest BCUT2D eigenvalue weighted by Crippen LogP contribution is -2.12. The molecule has 112 valence electrons. The van der Waals surface area contributed by atoms with Crippen LogP contribution < -0.4 is 9.47 Å². The molecule has 0 spiro atoms. The van der Waals surface area contributed by atoms with E-state index in [2.05, 4.69) is 5.10 Å². The molecule has 6 nitrogen and oxygen atoms in total. The number of carbonyl (C=O) groups is 1. The zero-order chi connectivity index (χ0) is 15.4. The van der Waals surface area contributed by atoms with Gasteiger partial charge >= 0.3 is 5.97 Å². The normalized spacial score (nSPS) is 10.7. The van der Waals surface area contributed by atoms with Crippen molar-refractivity contribution in [1.29, 1.82) is 0 Å². The van der Waals surface area contributed by atoms with Gasteiger partial charge in [0, 0.05) is 6.04 Å². The average Bonchev–Trinajstić information content (AvgIpc) is 2.90. The van der Waals surface area contributed by atoms with Crippen molar-refractivity contribution in [2.45, 2.75) is 26.5 Å². The van der Waals surface area contributed by atoms with Gasteiger partial charge in [0.25, 0.3) is 0 Å². The first-order valence-corrected chi connectivity index (χ1v) is 6.60. The molecule has 0 saturated carbocycles. The lowest BCUT2D eigenvalue weighted by atomic mass is 10.3. The Hall–Kier alpha value is -2.50. The van der Waals surface area contributed by atoms with Crippen LogP contribution in [0.4, 0.5) is 0 Å². The first-order valence-electron chi connectivity index (χ1n) is 6.60. The maximum absolute atomic E-state index is 11.2. The van der Waals surface area contributed by atoms with Gasteiger partial charge in [0.1, 0.15) is 29.5 Å². The molecule has 0 atom stereocenters. The number of benzene rings is 1. The number of rotatable bonds is 6. The highest BCUT2D eigenvalue weighted by atomic mass is 16.5. The summed E-state index contributed by atoms with van der Waals surface area (Å²) in [7, 11) is 1.60. The van der Waals surface area contributed by atoms with E-state index in [0.29, 0.717) is 11.4 Å². The minimum absolute atomic E-state index is 0.0224. The van der Waals surface area contributed by atoms with Crippen molar-refractivity contribution in [3.05, 3.63) is 41.7 Å². The van der Waals surface area contributed by atoms with Crippen LogP contribution in [0.1, 0.15) is 36.1 Å². The molecule has 0 unspecified atom stereocenters. The van der Waals surface area contributed by atoms with E-state index in [1.165, 1.54) is 10.7 Å². The zero-order valence-corrected chi connectivity index (χ0v) is 12.2. The maximum Gasteiger partial charge on any atom is 0.354 e. The Kier molecular flexibility index (Phi) is 4.47. The molecule has 0 radical (unpaired) electrons. The Bertz CT molecular complexity index is 617. The van der Waals surface area contributed by atoms with Gasteiger partial charge < -0.3 is 14.6 Å². The zero-order valence-electron chi connectivity index (χ0n) is 12.2. The summed E-state index contributed by atoms with van der Waals surface area (Å²) in [4.78, 5) is 11.2. The van der Waals surface area contributed by atoms with Gasteiger partial charge in [-0.25, -0.2) is 4.79 Å². The molecule has 0 aliphatic rings. The smallest absolute Gasteiger partial charge is 0.354 e. The second kappa shape index (κ2) is 6.30. The van der Waals surface area contributed by atoms with Gasteiger partial charge in [0.2, 0.25) is 0 Å². The summed E-state index contributed by atoms with van der Waals surface area (Å²) in [6, 6.07) is 8.68. The van der Waals surface area contributed by atoms with Crippen LogP contribution in [0, 0.1) is 0 Å². The van der Waals surface area contributed by atoms with Gasteiger partial charge in [0.15, 0.2) is 0 Å². The predicted molar refractivity (Wildman–Crippen MR) is 76.9 cm³/mol. The Morgan fingerprint density at radius 2 is 1.90 bits per heavy atom. The monoisotopic (exact) mass is 290 g/mol. The van der Waals surface area contributed by atoms with Crippen LogP contribution in [0.2, 0.25) is 0 Å². The van der Waals surface area contributed by atoms with Crippen LogP contribution in [0.25, 0.3) is 0 Å². The lowest BCUT2D eigenvalue weighted by Gasteiger charge is -2.07. The molecular formula is C15H18N2O4. The highest BCUT2D eigenvalue weighted by Crippen LogP contribution is 2.19. The third-order valence-electron chi connectivity index (χ3n) is 2.94. The van der Waals surface area contributed by atoms with Gasteiger partial charge in [-0.05, 0) is 44.2 Å². The second-order valence-electron chi connectivity index (χ2n) is 4.83. The van der Waals surface area contributed by atoms with Crippen LogP contribution >= 0.6 is 0 Å². The van der Waals surface area contributed by atoms with E-state index < -0.39 is 5.97 Å². The fraction of sp³-hybridized carbons (Fsp3) is 0.333. The van der Waals surface area contributed by atoms with E-state index in [4.69, 9.17) is 14.6 Å². The average molecular weight is 290 g/mol. The van der Waals surface area contributed by atoms with Crippen molar-refractivity contribution in [2.24, 2.45) is 0 Å². The van der Waals surface area contributed by atoms with Crippen LogP contribution in [0.5, 0.6) is 11.5 Å². The molecule has 1 heterocycles. The maximum atomic E-state index is 11.2. The molecule has 6 heteroatoms. The number of ether oxygens (including phenoxy) is 2. The Morgan fingerprint density at radius 1 is 1.29 bits per heavy atom. The topological polar surface area (TPSA) is 73.6 Å². The first kappa shape index (κ1) is 14.9. The van der Waals surface area contributed by atoms with Crippen molar-refractivity contribution in [1.82, 2.24) is 9.78 Å². The summed E-state index contributed by atoms with van der Waals surface area (Å²) in [5.74, 6) is 0.429. The van der Waals surface area contributed by atoms with Crippen LogP contribution in [-0.2, 0) is 6.61 Å². The second-order valence-corrected chi connectivity index (χ2v) is 4.83. The molecule has 0 amide bonds. The Morgan fingerprint density at radius 3 is 2.38 bits per heavy atom. The standard InChI is InChI=1S/C15H18N2O4/c1-10(2)17-14(15(18)19)8-11(16-17)9-21-13-6-4-12(20-3)5-7-13/h4-8,10H,9H2,1-3H3,(H,18,19). The lowest BCUT2D eigenvalue weighted by molar-refractivity contribution is 0.0681. The molecule has 21 heavy (non-hydrogen) atoms. The fourth-order valence-electron chi connectivity index (χ4n) is 1.90. The van der Waals surface area contributed by atoms with Gasteiger partial charge in [-0.1, -0.05) is 0 Å². The van der Waals surface area contributed by atoms with Crippen molar-refractivity contribution in [2.75, 3.05) is 7.11 Å². The fourth-order valence-corrected chi connectivity index (χ4v) is 1.90. The Labute approximate surface area is 122 Å². The number of methoxy groups -OCH3 is 1. The number of nitrogens with zero attached hydrogens (tertiary/aromatic N) is 2. The van der Waals surface area contributed by atoms with E-state index >= 15 is 0 Å². The molecule has 0 saturated heterocycles. The van der Waals surface area contributed by atoms with Crippen LogP contribution in [0.3, 0.4) is 0 Å². The van der Waals surface area contributed by atoms with E-state index in [9.17, 15) is 4.79 Å². The molecule has 0 aliphatic heterocycles. The van der Waals surface area contributed by atoms with Crippen molar-refractivity contribution >= 4 is 5.97 Å². The summed E-state index contributed by atoms with van der Waals surface area (Å²) < 4.78 is 12.1. The highest BCUT2D eigenvalue weighted by Gasteiger charge is 2.16. The molecule has 0 aliphatic carbocycles. The third kappa shape index (κ3) is 3.53. The molecule has 1 aromatic heterocycles. The molecule has 2 aromatic rings. The summed E-state index contributed by atoms with van der Waals surface area (Å²) in [6.07, 6.45) is 0. The largest absolute Gasteiger partial charge is 0.497 e. The SMILES string of the molecule is COc1ccc(OCc2cc(C(=O)O)n(C(C)C)n2)cc1.